The number of nitrogens with one attached hydrogen (secondary N) is 1. The molecule has 0 amide bonds. The van der Waals surface area contributed by atoms with Crippen LogP contribution in [-0.2, 0) is 6.54 Å². The van der Waals surface area contributed by atoms with Gasteiger partial charge in [0.1, 0.15) is 17.3 Å². The van der Waals surface area contributed by atoms with E-state index in [1.807, 2.05) is 13.0 Å². The van der Waals surface area contributed by atoms with Gasteiger partial charge in [0.2, 0.25) is 0 Å². The summed E-state index contributed by atoms with van der Waals surface area (Å²) in [5.41, 5.74) is 0.474. The summed E-state index contributed by atoms with van der Waals surface area (Å²) in [4.78, 5) is 0. The van der Waals surface area contributed by atoms with Gasteiger partial charge in [-0.05, 0) is 46.7 Å². The van der Waals surface area contributed by atoms with Gasteiger partial charge in [0.15, 0.2) is 0 Å². The first-order valence-corrected chi connectivity index (χ1v) is 6.25. The van der Waals surface area contributed by atoms with E-state index in [9.17, 15) is 4.39 Å². The smallest absolute Gasteiger partial charge is 0.148 e. The second-order valence-electron chi connectivity index (χ2n) is 3.65. The molecule has 4 heteroatoms. The monoisotopic (exact) mass is 297 g/mol. The summed E-state index contributed by atoms with van der Waals surface area (Å²) >= 11 is 3.16. The summed E-state index contributed by atoms with van der Waals surface area (Å²) in [6, 6.07) is 8.81. The first-order chi connectivity index (χ1) is 8.22. The maximum absolute atomic E-state index is 13.8. The second-order valence-corrected chi connectivity index (χ2v) is 4.50. The van der Waals surface area contributed by atoms with Gasteiger partial charge in [-0.1, -0.05) is 13.0 Å². The van der Waals surface area contributed by atoms with E-state index in [-0.39, 0.29) is 5.82 Å². The Kier molecular flexibility index (Phi) is 3.97. The predicted molar refractivity (Wildman–Crippen MR) is 69.2 cm³/mol. The number of rotatable bonds is 4. The molecule has 2 rings (SSSR count). The van der Waals surface area contributed by atoms with Gasteiger partial charge >= 0.3 is 0 Å². The van der Waals surface area contributed by atoms with Gasteiger partial charge in [-0.25, -0.2) is 4.39 Å². The normalized spacial score (nSPS) is 10.8. The molecule has 90 valence electrons. The van der Waals surface area contributed by atoms with Crippen LogP contribution in [0.2, 0.25) is 0 Å². The van der Waals surface area contributed by atoms with Crippen molar-refractivity contribution in [3.63, 3.8) is 0 Å². The third-order valence-corrected chi connectivity index (χ3v) is 3.04. The number of hydrogen-bond donors (Lipinski definition) is 1. The summed E-state index contributed by atoms with van der Waals surface area (Å²) in [5.74, 6) is 1.06. The third-order valence-electron chi connectivity index (χ3n) is 2.43. The molecule has 1 heterocycles. The van der Waals surface area contributed by atoms with E-state index in [4.69, 9.17) is 4.42 Å². The third kappa shape index (κ3) is 2.76. The van der Waals surface area contributed by atoms with Crippen LogP contribution < -0.4 is 5.32 Å². The molecule has 0 saturated heterocycles. The van der Waals surface area contributed by atoms with Crippen LogP contribution in [0, 0.1) is 5.82 Å². The average molecular weight is 298 g/mol. The standard InChI is InChI=1S/C13H13BrFNO/c1-2-16-8-9-6-7-12(17-9)10-4-3-5-11(14)13(10)15/h3-7,16H,2,8H2,1H3. The average Bonchev–Trinajstić information content (AvgIpc) is 2.78. The first-order valence-electron chi connectivity index (χ1n) is 5.46. The number of hydrogen-bond acceptors (Lipinski definition) is 2. The number of furan rings is 1. The molecule has 0 atom stereocenters. The van der Waals surface area contributed by atoms with E-state index >= 15 is 0 Å². The van der Waals surface area contributed by atoms with Gasteiger partial charge < -0.3 is 9.73 Å². The van der Waals surface area contributed by atoms with Crippen molar-refractivity contribution in [3.8, 4) is 11.3 Å². The van der Waals surface area contributed by atoms with Crippen LogP contribution in [0.5, 0.6) is 0 Å². The Balaban J connectivity index is 2.27. The molecule has 2 nitrogen and oxygen atoms in total. The van der Waals surface area contributed by atoms with Crippen molar-refractivity contribution in [3.05, 3.63) is 46.4 Å². The fraction of sp³-hybridized carbons (Fsp3) is 0.231. The van der Waals surface area contributed by atoms with Crippen molar-refractivity contribution in [2.24, 2.45) is 0 Å². The van der Waals surface area contributed by atoms with Crippen LogP contribution in [0.25, 0.3) is 11.3 Å². The quantitative estimate of drug-likeness (QED) is 0.924. The minimum atomic E-state index is -0.295. The molecule has 0 aliphatic heterocycles. The zero-order chi connectivity index (χ0) is 12.3. The van der Waals surface area contributed by atoms with Gasteiger partial charge in [-0.15, -0.1) is 0 Å². The Bertz CT molecular complexity index is 510. The van der Waals surface area contributed by atoms with Gasteiger partial charge in [0, 0.05) is 0 Å². The molecule has 0 spiro atoms. The fourth-order valence-electron chi connectivity index (χ4n) is 1.56. The van der Waals surface area contributed by atoms with Crippen molar-refractivity contribution in [1.82, 2.24) is 5.32 Å². The van der Waals surface area contributed by atoms with Crippen molar-refractivity contribution in [1.29, 1.82) is 0 Å². The summed E-state index contributed by atoms with van der Waals surface area (Å²) in [6.45, 7) is 3.56. The predicted octanol–water partition coefficient (Wildman–Crippen LogP) is 3.96. The van der Waals surface area contributed by atoms with Crippen LogP contribution in [0.4, 0.5) is 4.39 Å². The minimum Gasteiger partial charge on any atom is -0.460 e. The fourth-order valence-corrected chi connectivity index (χ4v) is 1.93. The Morgan fingerprint density at radius 2 is 2.12 bits per heavy atom. The van der Waals surface area contributed by atoms with Gasteiger partial charge in [0.25, 0.3) is 0 Å². The lowest BCUT2D eigenvalue weighted by Gasteiger charge is -2.01. The molecule has 0 unspecified atom stereocenters. The van der Waals surface area contributed by atoms with Crippen LogP contribution in [0.3, 0.4) is 0 Å². The van der Waals surface area contributed by atoms with E-state index in [0.717, 1.165) is 12.3 Å². The molecule has 0 fully saturated rings. The molecule has 0 radical (unpaired) electrons. The second kappa shape index (κ2) is 5.47. The van der Waals surface area contributed by atoms with Crippen LogP contribution in [0.15, 0.2) is 39.2 Å². The maximum atomic E-state index is 13.8. The summed E-state index contributed by atoms with van der Waals surface area (Å²) < 4.78 is 19.9. The maximum Gasteiger partial charge on any atom is 0.148 e. The summed E-state index contributed by atoms with van der Waals surface area (Å²) in [5, 5.41) is 3.16. The molecule has 0 bridgehead atoms. The van der Waals surface area contributed by atoms with E-state index in [2.05, 4.69) is 21.2 Å². The largest absolute Gasteiger partial charge is 0.460 e. The number of benzene rings is 1. The van der Waals surface area contributed by atoms with Crippen molar-refractivity contribution < 1.29 is 8.81 Å². The number of halogens is 2. The molecule has 1 aromatic carbocycles. The Morgan fingerprint density at radius 3 is 2.88 bits per heavy atom. The van der Waals surface area contributed by atoms with Crippen molar-refractivity contribution in [2.45, 2.75) is 13.5 Å². The lowest BCUT2D eigenvalue weighted by atomic mass is 10.1. The van der Waals surface area contributed by atoms with Gasteiger partial charge in [-0.2, -0.15) is 0 Å². The van der Waals surface area contributed by atoms with Crippen molar-refractivity contribution in [2.75, 3.05) is 6.54 Å². The molecule has 2 aromatic rings. The van der Waals surface area contributed by atoms with Crippen LogP contribution in [0.1, 0.15) is 12.7 Å². The molecule has 1 N–H and O–H groups in total. The Hall–Kier alpha value is -1.13. The molecule has 0 saturated carbocycles. The molecule has 17 heavy (non-hydrogen) atoms. The van der Waals surface area contributed by atoms with Crippen LogP contribution >= 0.6 is 15.9 Å². The Labute approximate surface area is 108 Å². The highest BCUT2D eigenvalue weighted by atomic mass is 79.9. The minimum absolute atomic E-state index is 0.295. The molecule has 0 aliphatic carbocycles. The molecule has 0 aliphatic rings. The SMILES string of the molecule is CCNCc1ccc(-c2cccc(Br)c2F)o1. The van der Waals surface area contributed by atoms with Crippen molar-refractivity contribution >= 4 is 15.9 Å². The Morgan fingerprint density at radius 1 is 1.29 bits per heavy atom. The zero-order valence-corrected chi connectivity index (χ0v) is 11.1. The van der Waals surface area contributed by atoms with Gasteiger partial charge in [0.05, 0.1) is 16.6 Å². The van der Waals surface area contributed by atoms with E-state index < -0.39 is 0 Å². The lowest BCUT2D eigenvalue weighted by Crippen LogP contribution is -2.10. The lowest BCUT2D eigenvalue weighted by molar-refractivity contribution is 0.495. The zero-order valence-electron chi connectivity index (χ0n) is 9.47. The van der Waals surface area contributed by atoms with E-state index in [1.165, 1.54) is 0 Å². The molecule has 1 aromatic heterocycles. The van der Waals surface area contributed by atoms with E-state index in [0.29, 0.717) is 22.3 Å². The highest BCUT2D eigenvalue weighted by Crippen LogP contribution is 2.29. The highest BCUT2D eigenvalue weighted by Gasteiger charge is 2.11. The van der Waals surface area contributed by atoms with Gasteiger partial charge in [-0.3, -0.25) is 0 Å². The first kappa shape index (κ1) is 12.3. The molecular formula is C13H13BrFNO. The topological polar surface area (TPSA) is 25.2 Å². The summed E-state index contributed by atoms with van der Waals surface area (Å²) in [7, 11) is 0. The van der Waals surface area contributed by atoms with Crippen LogP contribution in [-0.4, -0.2) is 6.54 Å². The highest BCUT2D eigenvalue weighted by molar-refractivity contribution is 9.10. The van der Waals surface area contributed by atoms with E-state index in [1.54, 1.807) is 24.3 Å². The molecular weight excluding hydrogens is 285 g/mol. The summed E-state index contributed by atoms with van der Waals surface area (Å²) in [6.07, 6.45) is 0.